The number of carbonyl (C=O) groups excluding carboxylic acids is 2. The van der Waals surface area contributed by atoms with Crippen molar-refractivity contribution >= 4 is 46.3 Å². The van der Waals surface area contributed by atoms with E-state index in [-0.39, 0.29) is 34.0 Å². The monoisotopic (exact) mass is 414 g/mol. The van der Waals surface area contributed by atoms with Crippen molar-refractivity contribution in [3.05, 3.63) is 87.9 Å². The lowest BCUT2D eigenvalue weighted by Crippen LogP contribution is -2.20. The molecule has 7 heteroatoms. The quantitative estimate of drug-likeness (QED) is 0.447. The molecule has 0 saturated carbocycles. The highest BCUT2D eigenvalue weighted by molar-refractivity contribution is 6.39. The zero-order chi connectivity index (χ0) is 20.1. The minimum absolute atomic E-state index is 0.0815. The Hall–Kier alpha value is -3.02. The Kier molecular flexibility index (Phi) is 6.19. The molecule has 0 saturated heterocycles. The van der Waals surface area contributed by atoms with Gasteiger partial charge in [-0.05, 0) is 36.4 Å². The van der Waals surface area contributed by atoms with Crippen molar-refractivity contribution < 1.29 is 14.3 Å². The number of halogens is 2. The first-order valence-corrected chi connectivity index (χ1v) is 9.06. The first-order chi connectivity index (χ1) is 13.4. The van der Waals surface area contributed by atoms with Crippen LogP contribution in [0.4, 0.5) is 11.4 Å². The van der Waals surface area contributed by atoms with Crippen LogP contribution in [-0.2, 0) is 4.79 Å². The highest BCUT2D eigenvalue weighted by atomic mass is 35.5. The molecule has 3 rings (SSSR count). The molecule has 0 aliphatic heterocycles. The number of benzene rings is 3. The maximum atomic E-state index is 12.4. The van der Waals surface area contributed by atoms with Crippen molar-refractivity contribution in [2.24, 2.45) is 0 Å². The van der Waals surface area contributed by atoms with Gasteiger partial charge in [-0.2, -0.15) is 0 Å². The number of hydrogen-bond donors (Lipinski definition) is 2. The maximum Gasteiger partial charge on any atom is 0.262 e. The lowest BCUT2D eigenvalue weighted by atomic mass is 10.0. The molecule has 28 heavy (non-hydrogen) atoms. The van der Waals surface area contributed by atoms with Gasteiger partial charge in [0.15, 0.2) is 12.4 Å². The van der Waals surface area contributed by atoms with Crippen LogP contribution in [0.2, 0.25) is 10.0 Å². The van der Waals surface area contributed by atoms with Crippen molar-refractivity contribution in [2.75, 3.05) is 17.7 Å². The summed E-state index contributed by atoms with van der Waals surface area (Å²) in [6.07, 6.45) is 0. The zero-order valence-corrected chi connectivity index (χ0v) is 16.1. The summed E-state index contributed by atoms with van der Waals surface area (Å²) in [6.45, 7) is -0.217. The van der Waals surface area contributed by atoms with E-state index in [0.717, 1.165) is 0 Å². The average Bonchev–Trinajstić information content (AvgIpc) is 2.71. The van der Waals surface area contributed by atoms with E-state index >= 15 is 0 Å². The van der Waals surface area contributed by atoms with Crippen molar-refractivity contribution in [3.8, 4) is 5.75 Å². The topological polar surface area (TPSA) is 81.4 Å². The number of amides is 1. The van der Waals surface area contributed by atoms with Gasteiger partial charge in [-0.1, -0.05) is 53.5 Å². The van der Waals surface area contributed by atoms with Gasteiger partial charge in [0.25, 0.3) is 5.91 Å². The summed E-state index contributed by atoms with van der Waals surface area (Å²) in [5.41, 5.74) is 7.48. The summed E-state index contributed by atoms with van der Waals surface area (Å²) in [5.74, 6) is -0.00326. The Labute approximate surface area is 172 Å². The van der Waals surface area contributed by atoms with Gasteiger partial charge in [0, 0.05) is 16.8 Å². The summed E-state index contributed by atoms with van der Waals surface area (Å²) in [5, 5.41) is 3.13. The van der Waals surface area contributed by atoms with E-state index in [1.807, 2.05) is 18.2 Å². The van der Waals surface area contributed by atoms with Gasteiger partial charge < -0.3 is 15.8 Å². The predicted molar refractivity (Wildman–Crippen MR) is 111 cm³/mol. The number of rotatable bonds is 6. The second-order valence-corrected chi connectivity index (χ2v) is 6.72. The molecular formula is C21H16Cl2N2O3. The molecule has 142 valence electrons. The number of ketones is 1. The van der Waals surface area contributed by atoms with Crippen LogP contribution in [0.5, 0.6) is 5.75 Å². The molecule has 1 amide bonds. The van der Waals surface area contributed by atoms with Crippen LogP contribution in [0.15, 0.2) is 66.7 Å². The third-order valence-electron chi connectivity index (χ3n) is 3.89. The Bertz CT molecular complexity index is 983. The number of nitrogens with two attached hydrogens (primary N) is 1. The smallest absolute Gasteiger partial charge is 0.262 e. The van der Waals surface area contributed by atoms with Crippen molar-refractivity contribution in [3.63, 3.8) is 0 Å². The van der Waals surface area contributed by atoms with Gasteiger partial charge in [0.05, 0.1) is 15.7 Å². The zero-order valence-electron chi connectivity index (χ0n) is 14.6. The van der Waals surface area contributed by atoms with Crippen LogP contribution in [0.3, 0.4) is 0 Å². The lowest BCUT2D eigenvalue weighted by Gasteiger charge is -2.10. The fraction of sp³-hybridized carbons (Fsp3) is 0.0476. The van der Waals surface area contributed by atoms with Crippen LogP contribution in [0, 0.1) is 0 Å². The molecule has 3 aromatic rings. The summed E-state index contributed by atoms with van der Waals surface area (Å²) < 4.78 is 5.45. The standard InChI is InChI=1S/C21H16Cl2N2O3/c22-17-10-15(11-18(23)20(17)24)25-19(26)12-28-16-8-6-14(7-9-16)21(27)13-4-2-1-3-5-13/h1-11H,12,24H2,(H,25,26). The van der Waals surface area contributed by atoms with Gasteiger partial charge in [-0.15, -0.1) is 0 Å². The summed E-state index contributed by atoms with van der Waals surface area (Å²) in [7, 11) is 0. The third-order valence-corrected chi connectivity index (χ3v) is 4.51. The van der Waals surface area contributed by atoms with Gasteiger partial charge in [-0.25, -0.2) is 0 Å². The summed E-state index contributed by atoms with van der Waals surface area (Å²) >= 11 is 11.9. The largest absolute Gasteiger partial charge is 0.484 e. The van der Waals surface area contributed by atoms with Gasteiger partial charge in [-0.3, -0.25) is 9.59 Å². The van der Waals surface area contributed by atoms with Gasteiger partial charge in [0.1, 0.15) is 5.75 Å². The summed E-state index contributed by atoms with van der Waals surface area (Å²) in [4.78, 5) is 24.4. The van der Waals surface area contributed by atoms with Crippen LogP contribution in [0.25, 0.3) is 0 Å². The number of ether oxygens (including phenoxy) is 1. The summed E-state index contributed by atoms with van der Waals surface area (Å²) in [6, 6.07) is 18.6. The number of nitrogen functional groups attached to an aromatic ring is 1. The molecule has 0 radical (unpaired) electrons. The Morgan fingerprint density at radius 1 is 0.893 bits per heavy atom. The second kappa shape index (κ2) is 8.78. The average molecular weight is 415 g/mol. The molecule has 0 aromatic heterocycles. The van der Waals surface area contributed by atoms with E-state index in [1.165, 1.54) is 12.1 Å². The first kappa shape index (κ1) is 19.7. The molecule has 0 aliphatic rings. The van der Waals surface area contributed by atoms with E-state index in [1.54, 1.807) is 36.4 Å². The molecule has 0 bridgehead atoms. The Morgan fingerprint density at radius 3 is 2.07 bits per heavy atom. The van der Waals surface area contributed by atoms with Gasteiger partial charge in [0.2, 0.25) is 0 Å². The molecule has 0 atom stereocenters. The molecule has 0 aliphatic carbocycles. The maximum absolute atomic E-state index is 12.4. The number of carbonyl (C=O) groups is 2. The molecule has 0 heterocycles. The van der Waals surface area contributed by atoms with Crippen LogP contribution >= 0.6 is 23.2 Å². The minimum Gasteiger partial charge on any atom is -0.484 e. The fourth-order valence-corrected chi connectivity index (χ4v) is 2.95. The highest BCUT2D eigenvalue weighted by Gasteiger charge is 2.10. The van der Waals surface area contributed by atoms with E-state index in [0.29, 0.717) is 22.6 Å². The second-order valence-electron chi connectivity index (χ2n) is 5.91. The number of hydrogen-bond acceptors (Lipinski definition) is 4. The van der Waals surface area contributed by atoms with Crippen LogP contribution in [-0.4, -0.2) is 18.3 Å². The highest BCUT2D eigenvalue weighted by Crippen LogP contribution is 2.31. The Balaban J connectivity index is 1.57. The fourth-order valence-electron chi connectivity index (χ4n) is 2.46. The molecule has 0 spiro atoms. The molecule has 3 aromatic carbocycles. The van der Waals surface area contributed by atoms with Gasteiger partial charge >= 0.3 is 0 Å². The SMILES string of the molecule is Nc1c(Cl)cc(NC(=O)COc2ccc(C(=O)c3ccccc3)cc2)cc1Cl. The van der Waals surface area contributed by atoms with Crippen LogP contribution < -0.4 is 15.8 Å². The van der Waals surface area contributed by atoms with Crippen LogP contribution in [0.1, 0.15) is 15.9 Å². The van der Waals surface area contributed by atoms with E-state index in [2.05, 4.69) is 5.32 Å². The van der Waals surface area contributed by atoms with E-state index in [4.69, 9.17) is 33.7 Å². The normalized spacial score (nSPS) is 10.4. The van der Waals surface area contributed by atoms with Crippen molar-refractivity contribution in [2.45, 2.75) is 0 Å². The molecule has 5 nitrogen and oxygen atoms in total. The number of nitrogens with one attached hydrogen (secondary N) is 1. The predicted octanol–water partition coefficient (Wildman–Crippen LogP) is 4.82. The third kappa shape index (κ3) is 4.82. The minimum atomic E-state index is -0.388. The van der Waals surface area contributed by atoms with Crippen molar-refractivity contribution in [1.29, 1.82) is 0 Å². The van der Waals surface area contributed by atoms with Crippen molar-refractivity contribution in [1.82, 2.24) is 0 Å². The molecular weight excluding hydrogens is 399 g/mol. The molecule has 0 unspecified atom stereocenters. The Morgan fingerprint density at radius 2 is 1.46 bits per heavy atom. The van der Waals surface area contributed by atoms with E-state index in [9.17, 15) is 9.59 Å². The first-order valence-electron chi connectivity index (χ1n) is 8.31. The van der Waals surface area contributed by atoms with E-state index < -0.39 is 0 Å². The molecule has 3 N–H and O–H groups in total. The number of anilines is 2. The lowest BCUT2D eigenvalue weighted by molar-refractivity contribution is -0.118. The molecule has 0 fully saturated rings.